The van der Waals surface area contributed by atoms with Crippen LogP contribution in [0.1, 0.15) is 64.2 Å². The minimum atomic E-state index is -0.135. The molecule has 4 saturated carbocycles. The molecule has 1 heterocycles. The number of thioether (sulfide) groups is 1. The van der Waals surface area contributed by atoms with Gasteiger partial charge in [0.25, 0.3) is 0 Å². The van der Waals surface area contributed by atoms with E-state index < -0.39 is 0 Å². The normalized spacial score (nSPS) is 30.6. The number of carbonyl (C=O) groups excluding carboxylic acids is 1. The second-order valence-corrected chi connectivity index (χ2v) is 12.4. The van der Waals surface area contributed by atoms with Crippen molar-refractivity contribution in [3.05, 3.63) is 35.1 Å². The third kappa shape index (κ3) is 3.92. The molecule has 4 aliphatic carbocycles. The van der Waals surface area contributed by atoms with Crippen molar-refractivity contribution in [2.24, 2.45) is 23.2 Å². The molecule has 4 aliphatic rings. The molecule has 7 heteroatoms. The van der Waals surface area contributed by atoms with Gasteiger partial charge in [-0.2, -0.15) is 0 Å². The zero-order valence-corrected chi connectivity index (χ0v) is 21.0. The smallest absolute Gasteiger partial charge is 0.196 e. The molecule has 2 atom stereocenters. The standard InChI is InChI=1S/C25H33ClN4OS/c1-15(29(3)4)23-27-28-24(30(23)21-7-5-20(26)6-8-21)32-16(2)22(31)25-12-17-9-18(13-25)11-19(10-17)14-25/h5-8,15-19H,9-14H2,1-4H3. The number of ketones is 1. The summed E-state index contributed by atoms with van der Waals surface area (Å²) >= 11 is 7.71. The summed E-state index contributed by atoms with van der Waals surface area (Å²) in [5.41, 5.74) is 0.881. The van der Waals surface area contributed by atoms with E-state index in [0.717, 1.165) is 53.7 Å². The van der Waals surface area contributed by atoms with Crippen LogP contribution in [-0.4, -0.2) is 44.8 Å². The molecule has 2 unspecified atom stereocenters. The van der Waals surface area contributed by atoms with E-state index in [9.17, 15) is 4.79 Å². The number of benzene rings is 1. The number of nitrogens with zero attached hydrogens (tertiary/aromatic N) is 4. The molecule has 0 N–H and O–H groups in total. The first kappa shape index (κ1) is 22.4. The molecule has 0 radical (unpaired) electrons. The van der Waals surface area contributed by atoms with Crippen molar-refractivity contribution < 1.29 is 4.79 Å². The van der Waals surface area contributed by atoms with Crippen LogP contribution in [0.3, 0.4) is 0 Å². The Kier molecular flexibility index (Phi) is 5.92. The lowest BCUT2D eigenvalue weighted by Gasteiger charge is -2.56. The summed E-state index contributed by atoms with van der Waals surface area (Å²) in [6.07, 6.45) is 7.38. The molecule has 172 valence electrons. The highest BCUT2D eigenvalue weighted by Crippen LogP contribution is 2.61. The van der Waals surface area contributed by atoms with Crippen LogP contribution < -0.4 is 0 Å². The van der Waals surface area contributed by atoms with Crippen molar-refractivity contribution in [1.29, 1.82) is 0 Å². The van der Waals surface area contributed by atoms with Crippen LogP contribution in [0, 0.1) is 23.2 Å². The number of halogens is 1. The van der Waals surface area contributed by atoms with Crippen LogP contribution in [0.15, 0.2) is 29.4 Å². The molecule has 0 saturated heterocycles. The molecule has 0 spiro atoms. The Morgan fingerprint density at radius 3 is 2.16 bits per heavy atom. The van der Waals surface area contributed by atoms with E-state index >= 15 is 0 Å². The van der Waals surface area contributed by atoms with Crippen molar-refractivity contribution in [2.75, 3.05) is 14.1 Å². The van der Waals surface area contributed by atoms with E-state index in [2.05, 4.69) is 33.5 Å². The lowest BCUT2D eigenvalue weighted by atomic mass is 9.48. The van der Waals surface area contributed by atoms with Gasteiger partial charge < -0.3 is 0 Å². The van der Waals surface area contributed by atoms with Gasteiger partial charge in [0, 0.05) is 16.1 Å². The van der Waals surface area contributed by atoms with Gasteiger partial charge in [-0.15, -0.1) is 10.2 Å². The predicted octanol–water partition coefficient (Wildman–Crippen LogP) is 5.81. The van der Waals surface area contributed by atoms with Gasteiger partial charge in [-0.3, -0.25) is 14.3 Å². The Labute approximate surface area is 200 Å². The molecule has 1 aromatic heterocycles. The molecule has 0 aliphatic heterocycles. The molecule has 32 heavy (non-hydrogen) atoms. The van der Waals surface area contributed by atoms with Gasteiger partial charge in [-0.05, 0) is 108 Å². The maximum absolute atomic E-state index is 13.8. The minimum absolute atomic E-state index is 0.0849. The first-order valence-electron chi connectivity index (χ1n) is 11.8. The maximum atomic E-state index is 13.8. The SMILES string of the molecule is CC(Sc1nnc(C(C)N(C)C)n1-c1ccc(Cl)cc1)C(=O)C12CC3CC(CC(C3)C1)C2. The van der Waals surface area contributed by atoms with Gasteiger partial charge in [-0.1, -0.05) is 23.4 Å². The van der Waals surface area contributed by atoms with Crippen LogP contribution in [0.25, 0.3) is 5.69 Å². The largest absolute Gasteiger partial charge is 0.300 e. The molecule has 2 aromatic rings. The average Bonchev–Trinajstić information content (AvgIpc) is 3.15. The lowest BCUT2D eigenvalue weighted by Crippen LogP contribution is -2.51. The molecule has 4 bridgehead atoms. The fourth-order valence-corrected chi connectivity index (χ4v) is 7.94. The highest BCUT2D eigenvalue weighted by Gasteiger charge is 2.55. The molecular formula is C25H33ClN4OS. The number of Topliss-reactive ketones (excluding diaryl/α,β-unsaturated/α-hetero) is 1. The summed E-state index contributed by atoms with van der Waals surface area (Å²) in [7, 11) is 4.08. The monoisotopic (exact) mass is 472 g/mol. The molecule has 4 fully saturated rings. The van der Waals surface area contributed by atoms with Crippen LogP contribution in [0.4, 0.5) is 0 Å². The Bertz CT molecular complexity index is 967. The van der Waals surface area contributed by atoms with Crippen molar-refractivity contribution in [2.45, 2.75) is 68.8 Å². The summed E-state index contributed by atoms with van der Waals surface area (Å²) in [4.78, 5) is 16.0. The fraction of sp³-hybridized carbons (Fsp3) is 0.640. The van der Waals surface area contributed by atoms with Crippen LogP contribution in [0.2, 0.25) is 5.02 Å². The minimum Gasteiger partial charge on any atom is -0.300 e. The Balaban J connectivity index is 1.43. The van der Waals surface area contributed by atoms with Crippen LogP contribution in [0.5, 0.6) is 0 Å². The zero-order chi connectivity index (χ0) is 22.6. The summed E-state index contributed by atoms with van der Waals surface area (Å²) in [5, 5.41) is 10.4. The van der Waals surface area contributed by atoms with Crippen molar-refractivity contribution in [3.63, 3.8) is 0 Å². The first-order chi connectivity index (χ1) is 15.3. The number of carbonyl (C=O) groups is 1. The average molecular weight is 473 g/mol. The Morgan fingerprint density at radius 2 is 1.62 bits per heavy atom. The Hall–Kier alpha value is -1.37. The third-order valence-electron chi connectivity index (χ3n) is 8.10. The summed E-state index contributed by atoms with van der Waals surface area (Å²) < 4.78 is 2.09. The predicted molar refractivity (Wildman–Crippen MR) is 129 cm³/mol. The highest BCUT2D eigenvalue weighted by atomic mass is 35.5. The van der Waals surface area contributed by atoms with E-state index in [1.165, 1.54) is 19.3 Å². The number of hydrogen-bond acceptors (Lipinski definition) is 5. The molecule has 1 aromatic carbocycles. The van der Waals surface area contributed by atoms with Crippen LogP contribution >= 0.6 is 23.4 Å². The van der Waals surface area contributed by atoms with E-state index in [0.29, 0.717) is 10.8 Å². The van der Waals surface area contributed by atoms with Gasteiger partial charge in [0.1, 0.15) is 0 Å². The number of rotatable bonds is 7. The number of hydrogen-bond donors (Lipinski definition) is 0. The molecule has 0 amide bonds. The number of aromatic nitrogens is 3. The molecular weight excluding hydrogens is 440 g/mol. The van der Waals surface area contributed by atoms with E-state index in [1.807, 2.05) is 38.4 Å². The second-order valence-electron chi connectivity index (χ2n) is 10.6. The van der Waals surface area contributed by atoms with Gasteiger partial charge in [0.15, 0.2) is 16.8 Å². The summed E-state index contributed by atoms with van der Waals surface area (Å²) in [5.74, 6) is 3.62. The van der Waals surface area contributed by atoms with E-state index in [1.54, 1.807) is 11.8 Å². The van der Waals surface area contributed by atoms with Gasteiger partial charge >= 0.3 is 0 Å². The van der Waals surface area contributed by atoms with Crippen molar-refractivity contribution in [3.8, 4) is 5.69 Å². The van der Waals surface area contributed by atoms with Crippen LogP contribution in [-0.2, 0) is 4.79 Å². The molecule has 6 rings (SSSR count). The van der Waals surface area contributed by atoms with Crippen molar-refractivity contribution in [1.82, 2.24) is 19.7 Å². The third-order valence-corrected chi connectivity index (χ3v) is 9.40. The second kappa shape index (κ2) is 8.44. The zero-order valence-electron chi connectivity index (χ0n) is 19.4. The summed E-state index contributed by atoms with van der Waals surface area (Å²) in [6, 6.07) is 7.85. The molecule has 5 nitrogen and oxygen atoms in total. The lowest BCUT2D eigenvalue weighted by molar-refractivity contribution is -0.142. The first-order valence-corrected chi connectivity index (χ1v) is 13.1. The fourth-order valence-electron chi connectivity index (χ4n) is 6.75. The van der Waals surface area contributed by atoms with Gasteiger partial charge in [0.05, 0.1) is 11.3 Å². The van der Waals surface area contributed by atoms with E-state index in [4.69, 9.17) is 11.6 Å². The highest BCUT2D eigenvalue weighted by molar-refractivity contribution is 8.00. The van der Waals surface area contributed by atoms with Gasteiger partial charge in [0.2, 0.25) is 0 Å². The topological polar surface area (TPSA) is 51.0 Å². The maximum Gasteiger partial charge on any atom is 0.196 e. The Morgan fingerprint density at radius 1 is 1.06 bits per heavy atom. The quantitative estimate of drug-likeness (QED) is 0.476. The van der Waals surface area contributed by atoms with E-state index in [-0.39, 0.29) is 16.7 Å². The summed E-state index contributed by atoms with van der Waals surface area (Å²) in [6.45, 7) is 4.19. The van der Waals surface area contributed by atoms with Crippen molar-refractivity contribution >= 4 is 29.1 Å². The van der Waals surface area contributed by atoms with Gasteiger partial charge in [-0.25, -0.2) is 0 Å².